The molecule has 1 unspecified atom stereocenters. The van der Waals surface area contributed by atoms with Gasteiger partial charge >= 0.3 is 0 Å². The first-order valence-electron chi connectivity index (χ1n) is 5.80. The largest absolute Gasteiger partial charge is 0.383 e. The van der Waals surface area contributed by atoms with E-state index in [1.807, 2.05) is 6.92 Å². The normalized spacial score (nSPS) is 17.3. The minimum absolute atomic E-state index is 0.0599. The molecule has 0 spiro atoms. The predicted octanol–water partition coefficient (Wildman–Crippen LogP) is 1.72. The van der Waals surface area contributed by atoms with Crippen LogP contribution < -0.4 is 11.1 Å². The Morgan fingerprint density at radius 2 is 2.35 bits per heavy atom. The van der Waals surface area contributed by atoms with Crippen molar-refractivity contribution >= 4 is 11.7 Å². The molecule has 0 saturated heterocycles. The van der Waals surface area contributed by atoms with Crippen molar-refractivity contribution in [2.24, 2.45) is 5.92 Å². The number of anilines is 1. The molecule has 1 fully saturated rings. The number of nitrogens with two attached hydrogens (primary N) is 1. The summed E-state index contributed by atoms with van der Waals surface area (Å²) in [6.07, 6.45) is 4.49. The lowest BCUT2D eigenvalue weighted by Crippen LogP contribution is -2.41. The number of halogens is 1. The summed E-state index contributed by atoms with van der Waals surface area (Å²) in [5.41, 5.74) is 5.66. The van der Waals surface area contributed by atoms with Crippen molar-refractivity contribution in [1.29, 1.82) is 0 Å². The van der Waals surface area contributed by atoms with Crippen molar-refractivity contribution in [3.63, 3.8) is 0 Å². The average molecular weight is 237 g/mol. The van der Waals surface area contributed by atoms with Gasteiger partial charge in [0.25, 0.3) is 5.91 Å². The molecule has 5 heteroatoms. The second kappa shape index (κ2) is 4.69. The van der Waals surface area contributed by atoms with Gasteiger partial charge in [0.1, 0.15) is 11.6 Å². The molecule has 2 rings (SSSR count). The van der Waals surface area contributed by atoms with Crippen LogP contribution in [0.2, 0.25) is 0 Å². The third kappa shape index (κ3) is 2.54. The number of aromatic nitrogens is 1. The van der Waals surface area contributed by atoms with Gasteiger partial charge in [0.2, 0.25) is 0 Å². The molecular formula is C12H16FN3O. The van der Waals surface area contributed by atoms with Gasteiger partial charge in [-0.05, 0) is 31.7 Å². The number of carbonyl (C=O) groups is 1. The van der Waals surface area contributed by atoms with Crippen LogP contribution in [-0.4, -0.2) is 16.9 Å². The quantitative estimate of drug-likeness (QED) is 0.841. The fraction of sp³-hybridized carbons (Fsp3) is 0.500. The maximum absolute atomic E-state index is 13.0. The number of hydrogen-bond acceptors (Lipinski definition) is 3. The number of pyridine rings is 1. The van der Waals surface area contributed by atoms with Crippen LogP contribution in [0.5, 0.6) is 0 Å². The zero-order valence-electron chi connectivity index (χ0n) is 9.74. The highest BCUT2D eigenvalue weighted by Crippen LogP contribution is 2.29. The highest BCUT2D eigenvalue weighted by molar-refractivity contribution is 5.98. The molecule has 1 aromatic rings. The SMILES string of the molecule is CC(NC(=O)c1cc(F)cnc1N)C1CCC1. The van der Waals surface area contributed by atoms with Crippen LogP contribution in [0.25, 0.3) is 0 Å². The molecule has 1 saturated carbocycles. The van der Waals surface area contributed by atoms with E-state index in [2.05, 4.69) is 10.3 Å². The Hall–Kier alpha value is -1.65. The Morgan fingerprint density at radius 1 is 1.65 bits per heavy atom. The van der Waals surface area contributed by atoms with Crippen LogP contribution in [0, 0.1) is 11.7 Å². The summed E-state index contributed by atoms with van der Waals surface area (Å²) in [6, 6.07) is 1.21. The maximum atomic E-state index is 13.0. The number of carbonyl (C=O) groups excluding carboxylic acids is 1. The standard InChI is InChI=1S/C12H16FN3O/c1-7(8-3-2-4-8)16-12(17)10-5-9(13)6-15-11(10)14/h5-8H,2-4H2,1H3,(H2,14,15)(H,16,17). The molecule has 3 N–H and O–H groups in total. The molecule has 0 aliphatic heterocycles. The van der Waals surface area contributed by atoms with E-state index in [-0.39, 0.29) is 23.3 Å². The zero-order chi connectivity index (χ0) is 12.4. The van der Waals surface area contributed by atoms with Gasteiger partial charge in [0.05, 0.1) is 11.8 Å². The molecule has 1 atom stereocenters. The van der Waals surface area contributed by atoms with Gasteiger partial charge in [0.15, 0.2) is 0 Å². The van der Waals surface area contributed by atoms with Gasteiger partial charge in [0, 0.05) is 6.04 Å². The monoisotopic (exact) mass is 237 g/mol. The summed E-state index contributed by atoms with van der Waals surface area (Å²) in [5, 5.41) is 2.84. The van der Waals surface area contributed by atoms with Crippen LogP contribution in [0.4, 0.5) is 10.2 Å². The Balaban J connectivity index is 2.05. The van der Waals surface area contributed by atoms with Crippen molar-refractivity contribution < 1.29 is 9.18 Å². The zero-order valence-corrected chi connectivity index (χ0v) is 9.74. The Morgan fingerprint density at radius 3 is 2.94 bits per heavy atom. The van der Waals surface area contributed by atoms with Gasteiger partial charge in [-0.15, -0.1) is 0 Å². The van der Waals surface area contributed by atoms with Gasteiger partial charge in [-0.25, -0.2) is 9.37 Å². The van der Waals surface area contributed by atoms with Crippen LogP contribution in [0.15, 0.2) is 12.3 Å². The molecule has 1 aromatic heterocycles. The minimum atomic E-state index is -0.555. The number of hydrogen-bond donors (Lipinski definition) is 2. The lowest BCUT2D eigenvalue weighted by molar-refractivity contribution is 0.0909. The molecule has 4 nitrogen and oxygen atoms in total. The molecule has 1 heterocycles. The number of nitrogen functional groups attached to an aromatic ring is 1. The third-order valence-corrected chi connectivity index (χ3v) is 3.35. The number of rotatable bonds is 3. The fourth-order valence-electron chi connectivity index (χ4n) is 1.97. The van der Waals surface area contributed by atoms with E-state index in [0.29, 0.717) is 5.92 Å². The second-order valence-electron chi connectivity index (χ2n) is 4.54. The van der Waals surface area contributed by atoms with Crippen LogP contribution in [0.3, 0.4) is 0 Å². The Labute approximate surface area is 99.4 Å². The molecule has 0 radical (unpaired) electrons. The summed E-state index contributed by atoms with van der Waals surface area (Å²) in [7, 11) is 0. The first-order chi connectivity index (χ1) is 8.08. The molecule has 1 amide bonds. The van der Waals surface area contributed by atoms with E-state index >= 15 is 0 Å². The smallest absolute Gasteiger partial charge is 0.255 e. The van der Waals surface area contributed by atoms with Crippen LogP contribution >= 0.6 is 0 Å². The van der Waals surface area contributed by atoms with Gasteiger partial charge in [-0.1, -0.05) is 6.42 Å². The molecule has 1 aliphatic rings. The number of nitrogens with one attached hydrogen (secondary N) is 1. The van der Waals surface area contributed by atoms with Crippen molar-refractivity contribution in [1.82, 2.24) is 10.3 Å². The topological polar surface area (TPSA) is 68.0 Å². The fourth-order valence-corrected chi connectivity index (χ4v) is 1.97. The van der Waals surface area contributed by atoms with E-state index in [1.54, 1.807) is 0 Å². The van der Waals surface area contributed by atoms with Crippen LogP contribution in [-0.2, 0) is 0 Å². The van der Waals surface area contributed by atoms with Crippen molar-refractivity contribution in [2.75, 3.05) is 5.73 Å². The first kappa shape index (κ1) is 11.8. The van der Waals surface area contributed by atoms with Gasteiger partial charge in [-0.2, -0.15) is 0 Å². The van der Waals surface area contributed by atoms with Crippen molar-refractivity contribution in [3.8, 4) is 0 Å². The summed E-state index contributed by atoms with van der Waals surface area (Å²) in [4.78, 5) is 15.5. The minimum Gasteiger partial charge on any atom is -0.383 e. The molecule has 92 valence electrons. The Kier molecular flexibility index (Phi) is 3.26. The molecular weight excluding hydrogens is 221 g/mol. The average Bonchev–Trinajstić information content (AvgIpc) is 2.18. The summed E-state index contributed by atoms with van der Waals surface area (Å²) in [6.45, 7) is 1.96. The van der Waals surface area contributed by atoms with E-state index in [1.165, 1.54) is 6.42 Å². The second-order valence-corrected chi connectivity index (χ2v) is 4.54. The first-order valence-corrected chi connectivity index (χ1v) is 5.80. The molecule has 0 aromatic carbocycles. The lowest BCUT2D eigenvalue weighted by Gasteiger charge is -2.31. The van der Waals surface area contributed by atoms with E-state index < -0.39 is 5.82 Å². The molecule has 0 bridgehead atoms. The van der Waals surface area contributed by atoms with Gasteiger partial charge in [-0.3, -0.25) is 4.79 Å². The molecule has 17 heavy (non-hydrogen) atoms. The van der Waals surface area contributed by atoms with Crippen LogP contribution in [0.1, 0.15) is 36.5 Å². The molecule has 1 aliphatic carbocycles. The Bertz CT molecular complexity index is 432. The lowest BCUT2D eigenvalue weighted by atomic mass is 9.80. The third-order valence-electron chi connectivity index (χ3n) is 3.35. The van der Waals surface area contributed by atoms with E-state index in [4.69, 9.17) is 5.73 Å². The van der Waals surface area contributed by atoms with Crippen molar-refractivity contribution in [3.05, 3.63) is 23.6 Å². The van der Waals surface area contributed by atoms with E-state index in [9.17, 15) is 9.18 Å². The highest BCUT2D eigenvalue weighted by atomic mass is 19.1. The highest BCUT2D eigenvalue weighted by Gasteiger charge is 2.25. The number of amides is 1. The summed E-state index contributed by atoms with van der Waals surface area (Å²) >= 11 is 0. The number of nitrogens with zero attached hydrogens (tertiary/aromatic N) is 1. The van der Waals surface area contributed by atoms with E-state index in [0.717, 1.165) is 25.1 Å². The van der Waals surface area contributed by atoms with Gasteiger partial charge < -0.3 is 11.1 Å². The summed E-state index contributed by atoms with van der Waals surface area (Å²) in [5.74, 6) is -0.319. The predicted molar refractivity (Wildman–Crippen MR) is 62.9 cm³/mol. The summed E-state index contributed by atoms with van der Waals surface area (Å²) < 4.78 is 13.0. The van der Waals surface area contributed by atoms with Crippen molar-refractivity contribution in [2.45, 2.75) is 32.2 Å². The maximum Gasteiger partial charge on any atom is 0.255 e.